The van der Waals surface area contributed by atoms with E-state index in [9.17, 15) is 5.11 Å². The molecule has 1 saturated heterocycles. The molecule has 0 aromatic heterocycles. The van der Waals surface area contributed by atoms with Gasteiger partial charge in [0.25, 0.3) is 0 Å². The van der Waals surface area contributed by atoms with Gasteiger partial charge in [-0.3, -0.25) is 0 Å². The molecule has 0 bridgehead atoms. The number of hydrogen-bond donors (Lipinski definition) is 2. The van der Waals surface area contributed by atoms with E-state index in [1.807, 2.05) is 12.1 Å². The molecule has 1 aromatic rings. The summed E-state index contributed by atoms with van der Waals surface area (Å²) < 4.78 is 0. The van der Waals surface area contributed by atoms with E-state index in [-0.39, 0.29) is 6.10 Å². The predicted octanol–water partition coefficient (Wildman–Crippen LogP) is 2.93. The topological polar surface area (TPSA) is 35.5 Å². The fourth-order valence-corrected chi connectivity index (χ4v) is 2.86. The van der Waals surface area contributed by atoms with Crippen molar-refractivity contribution in [2.24, 2.45) is 0 Å². The van der Waals surface area contributed by atoms with Crippen LogP contribution in [0.5, 0.6) is 0 Å². The first kappa shape index (κ1) is 16.1. The van der Waals surface area contributed by atoms with Crippen LogP contribution < -0.4 is 5.32 Å². The average Bonchev–Trinajstić information content (AvgIpc) is 2.44. The molecule has 20 heavy (non-hydrogen) atoms. The number of nitrogens with zero attached hydrogens (tertiary/aromatic N) is 1. The second kappa shape index (κ2) is 8.20. The van der Waals surface area contributed by atoms with Gasteiger partial charge in [-0.25, -0.2) is 0 Å². The van der Waals surface area contributed by atoms with Crippen molar-refractivity contribution < 1.29 is 5.11 Å². The Morgan fingerprint density at radius 2 is 1.90 bits per heavy atom. The Bertz CT molecular complexity index is 422. The standard InChI is InChI=1S/C15H22Cl2N2O/c16-14-5-4-12(8-15(14)17)9-18-10-13(20)11-19-6-2-1-3-7-19/h4-5,8,13,18,20H,1-3,6-7,9-11H2/t13-/m0/s1. The van der Waals surface area contributed by atoms with Crippen LogP contribution in [-0.4, -0.2) is 42.3 Å². The van der Waals surface area contributed by atoms with Crippen molar-refractivity contribution in [2.75, 3.05) is 26.2 Å². The molecule has 0 aliphatic carbocycles. The first-order chi connectivity index (χ1) is 9.65. The second-order valence-electron chi connectivity index (χ2n) is 5.39. The minimum absolute atomic E-state index is 0.323. The third-order valence-electron chi connectivity index (χ3n) is 3.61. The van der Waals surface area contributed by atoms with E-state index in [1.54, 1.807) is 6.07 Å². The Labute approximate surface area is 130 Å². The van der Waals surface area contributed by atoms with Gasteiger partial charge >= 0.3 is 0 Å². The summed E-state index contributed by atoms with van der Waals surface area (Å²) in [5, 5.41) is 14.4. The lowest BCUT2D eigenvalue weighted by Gasteiger charge is -2.28. The molecular formula is C15H22Cl2N2O. The van der Waals surface area contributed by atoms with Crippen LogP contribution in [0, 0.1) is 0 Å². The molecule has 2 N–H and O–H groups in total. The van der Waals surface area contributed by atoms with E-state index in [0.717, 1.165) is 25.2 Å². The van der Waals surface area contributed by atoms with Crippen molar-refractivity contribution in [3.63, 3.8) is 0 Å². The smallest absolute Gasteiger partial charge is 0.0791 e. The lowest BCUT2D eigenvalue weighted by molar-refractivity contribution is 0.1000. The zero-order valence-corrected chi connectivity index (χ0v) is 13.1. The monoisotopic (exact) mass is 316 g/mol. The van der Waals surface area contributed by atoms with E-state index in [1.165, 1.54) is 19.3 Å². The summed E-state index contributed by atoms with van der Waals surface area (Å²) in [6.45, 7) is 4.27. The van der Waals surface area contributed by atoms with Gasteiger partial charge in [-0.05, 0) is 43.6 Å². The van der Waals surface area contributed by atoms with Crippen LogP contribution in [-0.2, 0) is 6.54 Å². The van der Waals surface area contributed by atoms with Crippen molar-refractivity contribution in [3.05, 3.63) is 33.8 Å². The van der Waals surface area contributed by atoms with Crippen LogP contribution >= 0.6 is 23.2 Å². The summed E-state index contributed by atoms with van der Waals surface area (Å²) in [7, 11) is 0. The Hall–Kier alpha value is -0.320. The number of β-amino-alcohol motifs (C(OH)–C–C–N with tert-alkyl or cyclic N) is 1. The summed E-state index contributed by atoms with van der Waals surface area (Å²) in [5.74, 6) is 0. The summed E-state index contributed by atoms with van der Waals surface area (Å²) in [6, 6.07) is 5.59. The number of aliphatic hydroxyl groups is 1. The van der Waals surface area contributed by atoms with Crippen LogP contribution in [0.15, 0.2) is 18.2 Å². The van der Waals surface area contributed by atoms with Gasteiger partial charge in [0.1, 0.15) is 0 Å². The van der Waals surface area contributed by atoms with Gasteiger partial charge in [-0.15, -0.1) is 0 Å². The maximum absolute atomic E-state index is 10.0. The molecule has 5 heteroatoms. The highest BCUT2D eigenvalue weighted by atomic mass is 35.5. The zero-order chi connectivity index (χ0) is 14.4. The van der Waals surface area contributed by atoms with Crippen LogP contribution in [0.2, 0.25) is 10.0 Å². The molecule has 1 fully saturated rings. The molecule has 112 valence electrons. The normalized spacial score (nSPS) is 18.1. The van der Waals surface area contributed by atoms with E-state index in [4.69, 9.17) is 23.2 Å². The molecule has 2 rings (SSSR count). The first-order valence-electron chi connectivity index (χ1n) is 7.20. The van der Waals surface area contributed by atoms with Crippen molar-refractivity contribution in [1.29, 1.82) is 0 Å². The second-order valence-corrected chi connectivity index (χ2v) is 6.21. The lowest BCUT2D eigenvalue weighted by atomic mass is 10.1. The number of likely N-dealkylation sites (tertiary alicyclic amines) is 1. The maximum atomic E-state index is 10.0. The Balaban J connectivity index is 1.67. The van der Waals surface area contributed by atoms with Crippen molar-refractivity contribution in [2.45, 2.75) is 31.9 Å². The highest BCUT2D eigenvalue weighted by Gasteiger charge is 2.14. The maximum Gasteiger partial charge on any atom is 0.0791 e. The fourth-order valence-electron chi connectivity index (χ4n) is 2.54. The Morgan fingerprint density at radius 1 is 1.15 bits per heavy atom. The molecule has 1 heterocycles. The molecular weight excluding hydrogens is 295 g/mol. The molecule has 1 atom stereocenters. The predicted molar refractivity (Wildman–Crippen MR) is 84.5 cm³/mol. The number of piperidine rings is 1. The summed E-state index contributed by atoms with van der Waals surface area (Å²) in [6.07, 6.45) is 3.51. The number of rotatable bonds is 6. The first-order valence-corrected chi connectivity index (χ1v) is 7.96. The van der Waals surface area contributed by atoms with E-state index >= 15 is 0 Å². The zero-order valence-electron chi connectivity index (χ0n) is 11.6. The van der Waals surface area contributed by atoms with Crippen molar-refractivity contribution >= 4 is 23.2 Å². The van der Waals surface area contributed by atoms with Gasteiger partial charge in [0, 0.05) is 19.6 Å². The van der Waals surface area contributed by atoms with E-state index in [0.29, 0.717) is 23.1 Å². The molecule has 0 radical (unpaired) electrons. The average molecular weight is 317 g/mol. The summed E-state index contributed by atoms with van der Waals surface area (Å²) in [5.41, 5.74) is 1.07. The van der Waals surface area contributed by atoms with Gasteiger partial charge in [-0.2, -0.15) is 0 Å². The number of nitrogens with one attached hydrogen (secondary N) is 1. The number of hydrogen-bond acceptors (Lipinski definition) is 3. The van der Waals surface area contributed by atoms with Gasteiger partial charge in [-0.1, -0.05) is 35.7 Å². The molecule has 0 saturated carbocycles. The van der Waals surface area contributed by atoms with Crippen LogP contribution in [0.3, 0.4) is 0 Å². The highest BCUT2D eigenvalue weighted by Crippen LogP contribution is 2.22. The van der Waals surface area contributed by atoms with Gasteiger partial charge in [0.15, 0.2) is 0 Å². The minimum Gasteiger partial charge on any atom is -0.390 e. The summed E-state index contributed by atoms with van der Waals surface area (Å²) >= 11 is 11.8. The van der Waals surface area contributed by atoms with E-state index < -0.39 is 0 Å². The Kier molecular flexibility index (Phi) is 6.59. The highest BCUT2D eigenvalue weighted by molar-refractivity contribution is 6.42. The van der Waals surface area contributed by atoms with E-state index in [2.05, 4.69) is 10.2 Å². The molecule has 3 nitrogen and oxygen atoms in total. The largest absolute Gasteiger partial charge is 0.390 e. The van der Waals surface area contributed by atoms with Crippen LogP contribution in [0.1, 0.15) is 24.8 Å². The van der Waals surface area contributed by atoms with Crippen molar-refractivity contribution in [1.82, 2.24) is 10.2 Å². The number of halogens is 2. The Morgan fingerprint density at radius 3 is 2.60 bits per heavy atom. The lowest BCUT2D eigenvalue weighted by Crippen LogP contribution is -2.40. The summed E-state index contributed by atoms with van der Waals surface area (Å²) in [4.78, 5) is 2.34. The van der Waals surface area contributed by atoms with Gasteiger partial charge < -0.3 is 15.3 Å². The number of aliphatic hydroxyl groups excluding tert-OH is 1. The van der Waals surface area contributed by atoms with Gasteiger partial charge in [0.05, 0.1) is 16.1 Å². The molecule has 0 unspecified atom stereocenters. The van der Waals surface area contributed by atoms with Crippen LogP contribution in [0.4, 0.5) is 0 Å². The molecule has 1 aliphatic heterocycles. The third kappa shape index (κ3) is 5.23. The van der Waals surface area contributed by atoms with Crippen molar-refractivity contribution in [3.8, 4) is 0 Å². The van der Waals surface area contributed by atoms with Gasteiger partial charge in [0.2, 0.25) is 0 Å². The molecule has 0 spiro atoms. The molecule has 1 aromatic carbocycles. The van der Waals surface area contributed by atoms with Crippen LogP contribution in [0.25, 0.3) is 0 Å². The minimum atomic E-state index is -0.323. The number of benzene rings is 1. The fraction of sp³-hybridized carbons (Fsp3) is 0.600. The molecule has 0 amide bonds. The SMILES string of the molecule is O[C@@H](CNCc1ccc(Cl)c(Cl)c1)CN1CCCCC1. The third-order valence-corrected chi connectivity index (χ3v) is 4.35. The molecule has 1 aliphatic rings. The quantitative estimate of drug-likeness (QED) is 0.847.